The van der Waals surface area contributed by atoms with Crippen LogP contribution in [0.25, 0.3) is 5.57 Å². The molecule has 5 rings (SSSR count). The minimum absolute atomic E-state index is 0.365. The highest BCUT2D eigenvalue weighted by molar-refractivity contribution is 5.99. The van der Waals surface area contributed by atoms with Crippen molar-refractivity contribution >= 4 is 11.4 Å². The zero-order valence-corrected chi connectivity index (χ0v) is 16.0. The molecule has 6 heteroatoms. The number of benzene rings is 2. The maximum absolute atomic E-state index is 6.26. The Hall–Kier alpha value is -2.83. The monoisotopic (exact) mass is 375 g/mol. The zero-order valence-electron chi connectivity index (χ0n) is 16.0. The molecule has 0 aliphatic carbocycles. The van der Waals surface area contributed by atoms with Crippen molar-refractivity contribution in [3.63, 3.8) is 0 Å². The molecule has 144 valence electrons. The molecule has 2 atom stereocenters. The van der Waals surface area contributed by atoms with E-state index in [9.17, 15) is 0 Å². The maximum atomic E-state index is 6.26. The number of hydrazone groups is 1. The lowest BCUT2D eigenvalue weighted by Crippen LogP contribution is -2.35. The zero-order chi connectivity index (χ0) is 19.3. The molecule has 3 aliphatic heterocycles. The second-order valence-corrected chi connectivity index (χ2v) is 7.89. The summed E-state index contributed by atoms with van der Waals surface area (Å²) in [6.07, 6.45) is 4.74. The summed E-state index contributed by atoms with van der Waals surface area (Å²) in [7, 11) is 1.64. The van der Waals surface area contributed by atoms with Crippen molar-refractivity contribution in [1.29, 1.82) is 0 Å². The number of hydrazine groups is 1. The van der Waals surface area contributed by atoms with Crippen LogP contribution in [0.3, 0.4) is 0 Å². The van der Waals surface area contributed by atoms with Crippen molar-refractivity contribution in [2.75, 3.05) is 7.05 Å². The van der Waals surface area contributed by atoms with Gasteiger partial charge in [-0.15, -0.1) is 5.10 Å². The smallest absolute Gasteiger partial charge is 0.152 e. The number of piperidine rings is 1. The molecular formula is C22H25N5O. The van der Waals surface area contributed by atoms with Gasteiger partial charge in [0.25, 0.3) is 0 Å². The largest absolute Gasteiger partial charge is 0.456 e. The van der Waals surface area contributed by atoms with Crippen molar-refractivity contribution < 1.29 is 4.74 Å². The van der Waals surface area contributed by atoms with Crippen LogP contribution in [0.2, 0.25) is 0 Å². The van der Waals surface area contributed by atoms with Gasteiger partial charge < -0.3 is 15.8 Å². The third kappa shape index (κ3) is 2.95. The van der Waals surface area contributed by atoms with Gasteiger partial charge in [0.15, 0.2) is 5.84 Å². The highest BCUT2D eigenvalue weighted by Crippen LogP contribution is 2.48. The van der Waals surface area contributed by atoms with Crippen LogP contribution in [0.15, 0.2) is 53.1 Å². The van der Waals surface area contributed by atoms with Crippen LogP contribution in [-0.4, -0.2) is 30.1 Å². The van der Waals surface area contributed by atoms with Crippen molar-refractivity contribution in [3.8, 4) is 11.5 Å². The molecule has 0 radical (unpaired) electrons. The fourth-order valence-electron chi connectivity index (χ4n) is 4.71. The first-order chi connectivity index (χ1) is 13.6. The predicted octanol–water partition coefficient (Wildman–Crippen LogP) is 2.93. The standard InChI is InChI=1S/C22H25N5O/c1-27(24)26-22(23)13-6-9-18-20(12-13)28-19-5-3-2-4-17(19)21(18)14-10-15-7-8-16(11-14)25-15/h2-6,9,12,15-16,25H,7-8,10-11,24H2,1H3,(H2,23,26). The highest BCUT2D eigenvalue weighted by Gasteiger charge is 2.34. The molecule has 0 amide bonds. The number of rotatable bonds is 2. The number of para-hydroxylation sites is 1. The predicted molar refractivity (Wildman–Crippen MR) is 111 cm³/mol. The van der Waals surface area contributed by atoms with E-state index in [4.69, 9.17) is 16.3 Å². The molecular weight excluding hydrogens is 350 g/mol. The summed E-state index contributed by atoms with van der Waals surface area (Å²) in [6, 6.07) is 15.6. The normalized spacial score (nSPS) is 23.1. The van der Waals surface area contributed by atoms with E-state index in [1.165, 1.54) is 34.7 Å². The lowest BCUT2D eigenvalue weighted by molar-refractivity contribution is 0.371. The van der Waals surface area contributed by atoms with Crippen molar-refractivity contribution in [1.82, 2.24) is 10.4 Å². The molecule has 2 saturated heterocycles. The lowest BCUT2D eigenvalue weighted by Gasteiger charge is -2.30. The molecule has 6 nitrogen and oxygen atoms in total. The van der Waals surface area contributed by atoms with Gasteiger partial charge >= 0.3 is 0 Å². The molecule has 2 fully saturated rings. The number of ether oxygens (including phenoxy) is 1. The number of nitrogens with one attached hydrogen (secondary N) is 1. The van der Waals surface area contributed by atoms with E-state index >= 15 is 0 Å². The lowest BCUT2D eigenvalue weighted by atomic mass is 9.84. The van der Waals surface area contributed by atoms with E-state index in [1.807, 2.05) is 24.3 Å². The third-order valence-corrected chi connectivity index (χ3v) is 5.86. The Morgan fingerprint density at radius 3 is 2.54 bits per heavy atom. The summed E-state index contributed by atoms with van der Waals surface area (Å²) < 4.78 is 6.26. The number of amidine groups is 1. The number of hydrogen-bond acceptors (Lipinski definition) is 5. The van der Waals surface area contributed by atoms with Gasteiger partial charge in [-0.25, -0.2) is 11.0 Å². The second-order valence-electron chi connectivity index (χ2n) is 7.89. The highest BCUT2D eigenvalue weighted by atomic mass is 16.5. The van der Waals surface area contributed by atoms with E-state index in [2.05, 4.69) is 28.6 Å². The van der Waals surface area contributed by atoms with Gasteiger partial charge in [-0.2, -0.15) is 0 Å². The van der Waals surface area contributed by atoms with Crippen LogP contribution < -0.4 is 21.6 Å². The molecule has 5 N–H and O–H groups in total. The first kappa shape index (κ1) is 17.3. The molecule has 2 unspecified atom stereocenters. The Morgan fingerprint density at radius 2 is 1.79 bits per heavy atom. The van der Waals surface area contributed by atoms with Crippen LogP contribution in [0, 0.1) is 0 Å². The van der Waals surface area contributed by atoms with Crippen LogP contribution in [0.5, 0.6) is 11.5 Å². The first-order valence-corrected chi connectivity index (χ1v) is 9.81. The molecule has 2 aromatic rings. The number of hydrogen-bond donors (Lipinski definition) is 3. The van der Waals surface area contributed by atoms with E-state index in [0.29, 0.717) is 17.9 Å². The summed E-state index contributed by atoms with van der Waals surface area (Å²) in [5.41, 5.74) is 12.1. The Balaban J connectivity index is 1.65. The van der Waals surface area contributed by atoms with Gasteiger partial charge in [-0.1, -0.05) is 29.8 Å². The average Bonchev–Trinajstić information content (AvgIpc) is 3.02. The van der Waals surface area contributed by atoms with Gasteiger partial charge in [-0.05, 0) is 49.5 Å². The summed E-state index contributed by atoms with van der Waals surface area (Å²) in [5, 5.41) is 9.05. The summed E-state index contributed by atoms with van der Waals surface area (Å²) >= 11 is 0. The van der Waals surface area contributed by atoms with Crippen molar-refractivity contribution in [2.24, 2.45) is 16.7 Å². The molecule has 2 bridgehead atoms. The Bertz CT molecular complexity index is 980. The number of nitrogens with zero attached hydrogens (tertiary/aromatic N) is 2. The summed E-state index contributed by atoms with van der Waals surface area (Å²) in [5.74, 6) is 7.69. The Morgan fingerprint density at radius 1 is 1.07 bits per heavy atom. The molecule has 0 spiro atoms. The van der Waals surface area contributed by atoms with Gasteiger partial charge in [0.1, 0.15) is 11.5 Å². The van der Waals surface area contributed by atoms with E-state index in [1.54, 1.807) is 7.05 Å². The Kier molecular flexibility index (Phi) is 4.10. The molecule has 0 saturated carbocycles. The number of fused-ring (bicyclic) bond motifs is 4. The maximum Gasteiger partial charge on any atom is 0.152 e. The fraction of sp³-hybridized carbons (Fsp3) is 0.318. The average molecular weight is 375 g/mol. The topological polar surface area (TPSA) is 88.9 Å². The van der Waals surface area contributed by atoms with Gasteiger partial charge in [0.2, 0.25) is 0 Å². The summed E-state index contributed by atoms with van der Waals surface area (Å²) in [6.45, 7) is 0. The van der Waals surface area contributed by atoms with Crippen molar-refractivity contribution in [2.45, 2.75) is 37.8 Å². The summed E-state index contributed by atoms with van der Waals surface area (Å²) in [4.78, 5) is 0. The van der Waals surface area contributed by atoms with E-state index in [0.717, 1.165) is 35.5 Å². The fourth-order valence-corrected chi connectivity index (χ4v) is 4.71. The molecule has 3 heterocycles. The molecule has 0 aromatic heterocycles. The SMILES string of the molecule is CN(N)/N=C(\N)c1ccc2c(c1)Oc1ccccc1C2=C1CC2CCC(C1)N2. The quantitative estimate of drug-likeness (QED) is 0.277. The minimum Gasteiger partial charge on any atom is -0.456 e. The second kappa shape index (κ2) is 6.65. The van der Waals surface area contributed by atoms with Crippen LogP contribution >= 0.6 is 0 Å². The van der Waals surface area contributed by atoms with Gasteiger partial charge in [-0.3, -0.25) is 0 Å². The van der Waals surface area contributed by atoms with Crippen molar-refractivity contribution in [3.05, 3.63) is 64.7 Å². The molecule has 28 heavy (non-hydrogen) atoms. The third-order valence-electron chi connectivity index (χ3n) is 5.86. The molecule has 3 aliphatic rings. The Labute approximate surface area is 164 Å². The van der Waals surface area contributed by atoms with Crippen LogP contribution in [-0.2, 0) is 0 Å². The van der Waals surface area contributed by atoms with Gasteiger partial charge in [0, 0.05) is 35.8 Å². The van der Waals surface area contributed by atoms with Gasteiger partial charge in [0.05, 0.1) is 0 Å². The molecule has 2 aromatic carbocycles. The number of nitrogens with two attached hydrogens (primary N) is 2. The minimum atomic E-state index is 0.365. The van der Waals surface area contributed by atoms with E-state index in [-0.39, 0.29) is 0 Å². The van der Waals surface area contributed by atoms with Crippen LogP contribution in [0.4, 0.5) is 0 Å². The van der Waals surface area contributed by atoms with E-state index < -0.39 is 0 Å². The first-order valence-electron chi connectivity index (χ1n) is 9.81. The van der Waals surface area contributed by atoms with Crippen LogP contribution in [0.1, 0.15) is 42.4 Å².